The molecule has 0 atom stereocenters. The zero-order valence-electron chi connectivity index (χ0n) is 35.0. The van der Waals surface area contributed by atoms with Gasteiger partial charge in [0.15, 0.2) is 0 Å². The SMILES string of the molecule is c1ccc(-c2cccc(-c3ccccc3)c2N(c2ccnc(-n3cnc(-c4ccccc4)c3-c3ccccc3)n2)c2ccnc(-n3cnc(-c4ccccc4)c3-c3ccccc3)n2)cc1. The molecule has 0 aliphatic carbocycles. The summed E-state index contributed by atoms with van der Waals surface area (Å²) in [5, 5.41) is 0. The van der Waals surface area contributed by atoms with Crippen LogP contribution >= 0.6 is 0 Å². The topological polar surface area (TPSA) is 90.4 Å². The van der Waals surface area contributed by atoms with Crippen LogP contribution in [0.4, 0.5) is 17.3 Å². The van der Waals surface area contributed by atoms with Crippen molar-refractivity contribution in [3.8, 4) is 79.2 Å². The number of imidazole rings is 2. The van der Waals surface area contributed by atoms with E-state index in [0.29, 0.717) is 23.5 Å². The molecule has 0 radical (unpaired) electrons. The van der Waals surface area contributed by atoms with Crippen LogP contribution in [0, 0.1) is 0 Å². The van der Waals surface area contributed by atoms with Crippen molar-refractivity contribution >= 4 is 17.3 Å². The maximum Gasteiger partial charge on any atom is 0.237 e. The number of hydrogen-bond acceptors (Lipinski definition) is 7. The third-order valence-corrected chi connectivity index (χ3v) is 11.3. The lowest BCUT2D eigenvalue weighted by Crippen LogP contribution is -2.18. The van der Waals surface area contributed by atoms with Gasteiger partial charge in [-0.1, -0.05) is 200 Å². The summed E-state index contributed by atoms with van der Waals surface area (Å²) < 4.78 is 3.93. The van der Waals surface area contributed by atoms with Crippen molar-refractivity contribution in [2.45, 2.75) is 0 Å². The monoisotopic (exact) mass is 837 g/mol. The first-order chi connectivity index (χ1) is 32.3. The molecular formula is C56H39N9. The minimum atomic E-state index is 0.447. The Labute approximate surface area is 376 Å². The molecule has 0 unspecified atom stereocenters. The molecule has 7 aromatic carbocycles. The van der Waals surface area contributed by atoms with Crippen molar-refractivity contribution in [2.24, 2.45) is 0 Å². The van der Waals surface area contributed by atoms with Crippen molar-refractivity contribution < 1.29 is 0 Å². The molecule has 0 aliphatic heterocycles. The lowest BCUT2D eigenvalue weighted by Gasteiger charge is -2.29. The fourth-order valence-electron chi connectivity index (χ4n) is 8.35. The molecule has 0 spiro atoms. The second-order valence-corrected chi connectivity index (χ2v) is 15.3. The Hall–Kier alpha value is -9.08. The first kappa shape index (κ1) is 38.8. The van der Waals surface area contributed by atoms with Crippen molar-refractivity contribution in [2.75, 3.05) is 4.90 Å². The second-order valence-electron chi connectivity index (χ2n) is 15.3. The molecule has 0 saturated carbocycles. The molecule has 0 N–H and O–H groups in total. The molecule has 0 bridgehead atoms. The van der Waals surface area contributed by atoms with E-state index in [9.17, 15) is 0 Å². The van der Waals surface area contributed by atoms with Crippen molar-refractivity contribution in [3.05, 3.63) is 237 Å². The fraction of sp³-hybridized carbons (Fsp3) is 0. The van der Waals surface area contributed by atoms with Crippen LogP contribution in [0.15, 0.2) is 237 Å². The molecule has 11 rings (SSSR count). The fourth-order valence-corrected chi connectivity index (χ4v) is 8.35. The maximum absolute atomic E-state index is 5.43. The molecular weight excluding hydrogens is 799 g/mol. The Morgan fingerprint density at radius 3 is 1.02 bits per heavy atom. The minimum absolute atomic E-state index is 0.447. The van der Waals surface area contributed by atoms with E-state index in [-0.39, 0.29) is 0 Å². The van der Waals surface area contributed by atoms with Crippen molar-refractivity contribution in [1.29, 1.82) is 0 Å². The van der Waals surface area contributed by atoms with Crippen LogP contribution in [0.1, 0.15) is 0 Å². The van der Waals surface area contributed by atoms with Crippen LogP contribution in [-0.4, -0.2) is 39.0 Å². The maximum atomic E-state index is 5.43. The summed E-state index contributed by atoms with van der Waals surface area (Å²) in [4.78, 5) is 32.8. The van der Waals surface area contributed by atoms with E-state index >= 15 is 0 Å². The van der Waals surface area contributed by atoms with Gasteiger partial charge in [-0.15, -0.1) is 0 Å². The molecule has 4 aromatic heterocycles. The van der Waals surface area contributed by atoms with E-state index in [1.54, 1.807) is 25.0 Å². The average molecular weight is 838 g/mol. The van der Waals surface area contributed by atoms with Gasteiger partial charge >= 0.3 is 0 Å². The van der Waals surface area contributed by atoms with Gasteiger partial charge in [-0.2, -0.15) is 9.97 Å². The molecule has 9 heteroatoms. The molecule has 65 heavy (non-hydrogen) atoms. The van der Waals surface area contributed by atoms with Crippen molar-refractivity contribution in [1.82, 2.24) is 39.0 Å². The molecule has 0 fully saturated rings. The Bertz CT molecular complexity index is 3130. The molecule has 0 saturated heterocycles. The number of anilines is 3. The standard InChI is InChI=1S/C56H39N9/c1-7-20-40(21-8-1)46-32-19-33-47(41-22-9-2-10-23-41)54(46)65(48-34-36-57-55(61-48)63-38-59-50(42-24-11-3-12-25-42)52(63)44-28-15-5-16-29-44)49-35-37-58-56(62-49)64-39-60-51(43-26-13-4-14-27-43)53(64)45-30-17-6-18-31-45/h1-39H. The molecule has 0 amide bonds. The van der Waals surface area contributed by atoms with Crippen LogP contribution in [0.5, 0.6) is 0 Å². The van der Waals surface area contributed by atoms with Gasteiger partial charge in [0.05, 0.1) is 28.5 Å². The Balaban J connectivity index is 1.16. The van der Waals surface area contributed by atoms with E-state index in [4.69, 9.17) is 29.9 Å². The van der Waals surface area contributed by atoms with Crippen LogP contribution in [0.2, 0.25) is 0 Å². The summed E-state index contributed by atoms with van der Waals surface area (Å²) in [7, 11) is 0. The third-order valence-electron chi connectivity index (χ3n) is 11.3. The zero-order chi connectivity index (χ0) is 43.4. The van der Waals surface area contributed by atoms with E-state index < -0.39 is 0 Å². The van der Waals surface area contributed by atoms with E-state index in [2.05, 4.69) is 120 Å². The quantitative estimate of drug-likeness (QED) is 0.128. The number of rotatable bonds is 11. The summed E-state index contributed by atoms with van der Waals surface area (Å²) in [5.74, 6) is 2.07. The molecule has 11 aromatic rings. The smallest absolute Gasteiger partial charge is 0.237 e. The lowest BCUT2D eigenvalue weighted by atomic mass is 9.95. The predicted molar refractivity (Wildman–Crippen MR) is 259 cm³/mol. The number of aromatic nitrogens is 8. The first-order valence-electron chi connectivity index (χ1n) is 21.4. The molecule has 9 nitrogen and oxygen atoms in total. The van der Waals surface area contributed by atoms with Gasteiger partial charge in [-0.05, 0) is 23.3 Å². The second kappa shape index (κ2) is 17.4. The van der Waals surface area contributed by atoms with Gasteiger partial charge < -0.3 is 0 Å². The Kier molecular flexibility index (Phi) is 10.4. The molecule has 4 heterocycles. The number of para-hydroxylation sites is 1. The third kappa shape index (κ3) is 7.53. The van der Waals surface area contributed by atoms with E-state index in [0.717, 1.165) is 73.0 Å². The first-order valence-corrected chi connectivity index (χ1v) is 21.4. The lowest BCUT2D eigenvalue weighted by molar-refractivity contribution is 0.909. The predicted octanol–water partition coefficient (Wildman–Crippen LogP) is 13.1. The van der Waals surface area contributed by atoms with Crippen molar-refractivity contribution in [3.63, 3.8) is 0 Å². The highest BCUT2D eigenvalue weighted by atomic mass is 15.3. The Morgan fingerprint density at radius 2 is 0.646 bits per heavy atom. The van der Waals surface area contributed by atoms with E-state index in [1.165, 1.54) is 0 Å². The van der Waals surface area contributed by atoms with Crippen LogP contribution < -0.4 is 4.90 Å². The van der Waals surface area contributed by atoms with Gasteiger partial charge in [-0.3, -0.25) is 14.0 Å². The highest BCUT2D eigenvalue weighted by Crippen LogP contribution is 2.46. The Morgan fingerprint density at radius 1 is 0.308 bits per heavy atom. The number of nitrogens with zero attached hydrogens (tertiary/aromatic N) is 9. The van der Waals surface area contributed by atoms with Gasteiger partial charge in [0, 0.05) is 45.8 Å². The van der Waals surface area contributed by atoms with Gasteiger partial charge in [0.25, 0.3) is 0 Å². The highest BCUT2D eigenvalue weighted by molar-refractivity contribution is 5.96. The van der Waals surface area contributed by atoms with Crippen LogP contribution in [0.25, 0.3) is 79.2 Å². The largest absolute Gasteiger partial charge is 0.277 e. The minimum Gasteiger partial charge on any atom is -0.277 e. The summed E-state index contributed by atoms with van der Waals surface area (Å²) in [6.07, 6.45) is 7.20. The van der Waals surface area contributed by atoms with Gasteiger partial charge in [0.1, 0.15) is 24.3 Å². The summed E-state index contributed by atoms with van der Waals surface area (Å²) in [5.41, 5.74) is 12.3. The van der Waals surface area contributed by atoms with Crippen LogP contribution in [-0.2, 0) is 0 Å². The molecule has 0 aliphatic rings. The van der Waals surface area contributed by atoms with Gasteiger partial charge in [0.2, 0.25) is 11.9 Å². The highest BCUT2D eigenvalue weighted by Gasteiger charge is 2.27. The summed E-state index contributed by atoms with van der Waals surface area (Å²) >= 11 is 0. The average Bonchev–Trinajstić information content (AvgIpc) is 4.05. The zero-order valence-corrected chi connectivity index (χ0v) is 35.0. The van der Waals surface area contributed by atoms with E-state index in [1.807, 2.05) is 106 Å². The normalized spacial score (nSPS) is 11.1. The number of benzene rings is 7. The van der Waals surface area contributed by atoms with Gasteiger partial charge in [-0.25, -0.2) is 19.9 Å². The summed E-state index contributed by atoms with van der Waals surface area (Å²) in [6, 6.07) is 72.0. The number of hydrogen-bond donors (Lipinski definition) is 0. The molecule has 308 valence electrons. The summed E-state index contributed by atoms with van der Waals surface area (Å²) in [6.45, 7) is 0. The van der Waals surface area contributed by atoms with Crippen LogP contribution in [0.3, 0.4) is 0 Å².